The molecular weight excluding hydrogens is 737 g/mol. The third-order valence-electron chi connectivity index (χ3n) is 12.6. The second-order valence-corrected chi connectivity index (χ2v) is 29.0. The molecule has 0 amide bonds. The van der Waals surface area contributed by atoms with E-state index in [4.69, 9.17) is 27.5 Å². The van der Waals surface area contributed by atoms with Crippen LogP contribution in [0, 0.1) is 5.92 Å². The number of hydrogen-bond acceptors (Lipinski definition) is 8. The van der Waals surface area contributed by atoms with Crippen LogP contribution in [-0.4, -0.2) is 58.2 Å². The predicted octanol–water partition coefficient (Wildman–Crippen LogP) is 11.9. The molecule has 2 unspecified atom stereocenters. The van der Waals surface area contributed by atoms with Crippen molar-refractivity contribution in [2.45, 2.75) is 188 Å². The van der Waals surface area contributed by atoms with Crippen LogP contribution in [0.3, 0.4) is 0 Å². The largest absolute Gasteiger partial charge is 0.488 e. The predicted molar refractivity (Wildman–Crippen MR) is 232 cm³/mol. The Labute approximate surface area is 340 Å². The molecule has 2 aromatic carbocycles. The van der Waals surface area contributed by atoms with Gasteiger partial charge < -0.3 is 32.6 Å². The number of ether oxygens (including phenoxy) is 3. The van der Waals surface area contributed by atoms with Gasteiger partial charge in [-0.3, -0.25) is 0 Å². The van der Waals surface area contributed by atoms with Crippen molar-refractivity contribution in [1.82, 2.24) is 0 Å². The number of aliphatic hydroxyl groups excluding tert-OH is 1. The Kier molecular flexibility index (Phi) is 15.0. The molecule has 1 N–H and O–H groups in total. The van der Waals surface area contributed by atoms with E-state index in [0.29, 0.717) is 32.0 Å². The van der Waals surface area contributed by atoms with Crippen molar-refractivity contribution >= 4 is 33.6 Å². The minimum atomic E-state index is -2.43. The Bertz CT molecular complexity index is 1740. The summed E-state index contributed by atoms with van der Waals surface area (Å²) in [5, 5.41) is 13.4. The fraction of sp³-hybridized carbons (Fsp3) is 0.674. The van der Waals surface area contributed by atoms with Gasteiger partial charge in [0.15, 0.2) is 16.6 Å². The number of rotatable bonds is 20. The lowest BCUT2D eigenvalue weighted by Gasteiger charge is -2.41. The van der Waals surface area contributed by atoms with E-state index in [1.54, 1.807) is 0 Å². The molecule has 0 bridgehead atoms. The summed E-state index contributed by atoms with van der Waals surface area (Å²) in [7, 11) is -4.59. The van der Waals surface area contributed by atoms with Crippen LogP contribution in [-0.2, 0) is 42.8 Å². The van der Waals surface area contributed by atoms with Gasteiger partial charge in [-0.05, 0) is 85.6 Å². The Morgan fingerprint density at radius 2 is 1.59 bits per heavy atom. The fourth-order valence-electron chi connectivity index (χ4n) is 7.21. The van der Waals surface area contributed by atoms with Crippen LogP contribution in [0.2, 0.25) is 36.3 Å². The summed E-state index contributed by atoms with van der Waals surface area (Å²) in [4.78, 5) is 13.8. The lowest BCUT2D eigenvalue weighted by molar-refractivity contribution is -0.154. The van der Waals surface area contributed by atoms with Crippen molar-refractivity contribution < 1.29 is 37.4 Å². The van der Waals surface area contributed by atoms with E-state index in [1.807, 2.05) is 38.3 Å². The van der Waals surface area contributed by atoms with Gasteiger partial charge in [-0.2, -0.15) is 0 Å². The van der Waals surface area contributed by atoms with Crippen molar-refractivity contribution in [2.75, 3.05) is 6.61 Å². The Morgan fingerprint density at radius 1 is 0.946 bits per heavy atom. The average Bonchev–Trinajstić information content (AvgIpc) is 3.72. The molecule has 314 valence electrons. The van der Waals surface area contributed by atoms with E-state index < -0.39 is 40.4 Å². The monoisotopic (exact) mass is 810 g/mol. The molecular formula is C46H74O8Si2. The number of epoxide rings is 1. The number of esters is 1. The van der Waals surface area contributed by atoms with Gasteiger partial charge in [0, 0.05) is 23.3 Å². The summed E-state index contributed by atoms with van der Waals surface area (Å²) in [6, 6.07) is 12.5. The van der Waals surface area contributed by atoms with E-state index in [0.717, 1.165) is 51.8 Å². The van der Waals surface area contributed by atoms with Crippen LogP contribution in [0.15, 0.2) is 47.1 Å². The van der Waals surface area contributed by atoms with E-state index in [9.17, 15) is 9.90 Å². The van der Waals surface area contributed by atoms with Crippen LogP contribution in [0.5, 0.6) is 5.75 Å². The third-order valence-corrected chi connectivity index (χ3v) is 21.6. The second-order valence-electron chi connectivity index (χ2n) is 19.4. The molecule has 8 nitrogen and oxygen atoms in total. The Hall–Kier alpha value is -2.48. The van der Waals surface area contributed by atoms with E-state index in [-0.39, 0.29) is 35.1 Å². The van der Waals surface area contributed by atoms with E-state index >= 15 is 0 Å². The first-order valence-corrected chi connectivity index (χ1v) is 26.9. The number of hydrogen-bond donors (Lipinski definition) is 1. The minimum Gasteiger partial charge on any atom is -0.488 e. The van der Waals surface area contributed by atoms with Gasteiger partial charge in [0.25, 0.3) is 0 Å². The number of furan rings is 1. The third kappa shape index (κ3) is 10.2. The summed E-state index contributed by atoms with van der Waals surface area (Å²) in [5.74, 6) is 0.488. The molecule has 0 saturated carbocycles. The maximum atomic E-state index is 13.8. The smallest absolute Gasteiger partial charge is 0.343 e. The molecule has 1 aliphatic rings. The van der Waals surface area contributed by atoms with Crippen molar-refractivity contribution in [1.29, 1.82) is 0 Å². The first kappa shape index (κ1) is 46.2. The molecule has 56 heavy (non-hydrogen) atoms. The Morgan fingerprint density at radius 3 is 2.12 bits per heavy atom. The van der Waals surface area contributed by atoms with Gasteiger partial charge in [0.2, 0.25) is 5.60 Å². The summed E-state index contributed by atoms with van der Waals surface area (Å²) in [6.45, 7) is 33.7. The Balaban J connectivity index is 1.86. The summed E-state index contributed by atoms with van der Waals surface area (Å²) < 4.78 is 39.3. The summed E-state index contributed by atoms with van der Waals surface area (Å²) in [5.41, 5.74) is 3.53. The quantitative estimate of drug-likeness (QED) is 0.0684. The first-order valence-electron chi connectivity index (χ1n) is 21.1. The van der Waals surface area contributed by atoms with Crippen molar-refractivity contribution in [3.05, 3.63) is 64.9 Å². The summed E-state index contributed by atoms with van der Waals surface area (Å²) >= 11 is 0. The van der Waals surface area contributed by atoms with Crippen LogP contribution < -0.4 is 4.74 Å². The zero-order valence-electron chi connectivity index (χ0n) is 37.4. The molecule has 1 aromatic heterocycles. The zero-order chi connectivity index (χ0) is 41.9. The number of carbonyl (C=O) groups is 1. The second kappa shape index (κ2) is 18.2. The van der Waals surface area contributed by atoms with Crippen LogP contribution in [0.1, 0.15) is 130 Å². The average molecular weight is 811 g/mol. The van der Waals surface area contributed by atoms with E-state index in [1.165, 1.54) is 0 Å². The lowest BCUT2D eigenvalue weighted by atomic mass is 9.83. The van der Waals surface area contributed by atoms with Crippen LogP contribution in [0.4, 0.5) is 0 Å². The molecule has 1 fully saturated rings. The highest BCUT2D eigenvalue weighted by Gasteiger charge is 2.69. The van der Waals surface area contributed by atoms with Crippen LogP contribution >= 0.6 is 0 Å². The molecule has 1 aliphatic heterocycles. The fourth-order valence-corrected chi connectivity index (χ4v) is 9.48. The molecule has 5 atom stereocenters. The summed E-state index contributed by atoms with van der Waals surface area (Å²) in [6.07, 6.45) is 3.19. The van der Waals surface area contributed by atoms with Gasteiger partial charge in [-0.25, -0.2) is 4.79 Å². The normalized spacial score (nSPS) is 19.6. The van der Waals surface area contributed by atoms with Gasteiger partial charge in [0.1, 0.15) is 24.0 Å². The first-order chi connectivity index (χ1) is 26.0. The molecule has 2 heterocycles. The highest BCUT2D eigenvalue weighted by molar-refractivity contribution is 6.74. The number of fused-ring (bicyclic) bond motifs is 1. The number of aliphatic hydroxyl groups is 1. The number of carbonyl (C=O) groups excluding carboxylic acids is 1. The molecule has 3 aromatic rings. The molecule has 0 spiro atoms. The number of benzene rings is 2. The van der Waals surface area contributed by atoms with Gasteiger partial charge in [0.05, 0.1) is 37.2 Å². The standard InChI is InChI=1S/C46H74O8Si2/c1-16-22-34(38(47)27-40(54-56(14,15)45(9,10)11)46(39(17-2)53-46)43(48)49-18-3)36-29-51-42-35(36)26-33(25-31(4)5)41(50-28-32-23-20-19-21-24-32)37(42)30-52-55(12,13)44(6,7)8/h19-21,23-24,26,29,31,34,38-40,47H,16-18,22,25,27-28,30H2,1-15H3/t34?,38-,39?,40-,46-/m1/s1. The van der Waals surface area contributed by atoms with Crippen LogP contribution in [0.25, 0.3) is 11.0 Å². The zero-order valence-corrected chi connectivity index (χ0v) is 39.4. The van der Waals surface area contributed by atoms with Crippen molar-refractivity contribution in [2.24, 2.45) is 5.92 Å². The van der Waals surface area contributed by atoms with Gasteiger partial charge in [-0.1, -0.05) is 106 Å². The molecule has 0 aliphatic carbocycles. The van der Waals surface area contributed by atoms with Gasteiger partial charge >= 0.3 is 5.97 Å². The topological polar surface area (TPSA) is 99.9 Å². The van der Waals surface area contributed by atoms with Crippen molar-refractivity contribution in [3.63, 3.8) is 0 Å². The van der Waals surface area contributed by atoms with E-state index in [2.05, 4.69) is 107 Å². The maximum absolute atomic E-state index is 13.8. The van der Waals surface area contributed by atoms with Crippen molar-refractivity contribution in [3.8, 4) is 5.75 Å². The molecule has 1 saturated heterocycles. The lowest BCUT2D eigenvalue weighted by Crippen LogP contribution is -2.53. The SMILES string of the molecule is CCCC(c1coc2c(CO[Si](C)(C)C(C)(C)C)c(OCc3ccccc3)c(CC(C)C)cc12)[C@H](O)C[C@@H](O[Si](C)(C)C(C)(C)C)[C@]1(C(=O)OCC)OC1CC. The maximum Gasteiger partial charge on any atom is 0.343 e. The molecule has 0 radical (unpaired) electrons. The van der Waals surface area contributed by atoms with Gasteiger partial charge in [-0.15, -0.1) is 0 Å². The molecule has 10 heteroatoms. The molecule has 4 rings (SSSR count). The highest BCUT2D eigenvalue weighted by atomic mass is 28.4. The highest BCUT2D eigenvalue weighted by Crippen LogP contribution is 2.50. The minimum absolute atomic E-state index is 0.0172.